The molecule has 0 fully saturated rings. The lowest BCUT2D eigenvalue weighted by molar-refractivity contribution is 0.0773. The van der Waals surface area contributed by atoms with Crippen LogP contribution in [-0.4, -0.2) is 49.8 Å². The Labute approximate surface area is 102 Å². The van der Waals surface area contributed by atoms with E-state index in [2.05, 4.69) is 44.8 Å². The third kappa shape index (κ3) is 5.83. The minimum absolute atomic E-state index is 0.490. The third-order valence-corrected chi connectivity index (χ3v) is 3.28. The van der Waals surface area contributed by atoms with Gasteiger partial charge < -0.3 is 10.1 Å². The number of hydrogen-bond donors (Lipinski definition) is 1. The largest absolute Gasteiger partial charge is 0.383 e. The van der Waals surface area contributed by atoms with E-state index in [9.17, 15) is 0 Å². The summed E-state index contributed by atoms with van der Waals surface area (Å²) in [6.07, 6.45) is 1.19. The molecule has 0 bridgehead atoms. The van der Waals surface area contributed by atoms with Crippen LogP contribution in [0, 0.1) is 0 Å². The molecule has 98 valence electrons. The lowest BCUT2D eigenvalue weighted by atomic mass is 10.2. The van der Waals surface area contributed by atoms with E-state index in [0.717, 1.165) is 19.7 Å². The second kappa shape index (κ2) is 8.97. The van der Waals surface area contributed by atoms with Crippen LogP contribution in [0.4, 0.5) is 0 Å². The standard InChI is InChI=1S/C13H30N2O/c1-7-11(3)14-9-12(4)15(8-2)13(5)10-16-6/h11-14H,7-10H2,1-6H3. The van der Waals surface area contributed by atoms with Crippen LogP contribution >= 0.6 is 0 Å². The Kier molecular flexibility index (Phi) is 8.90. The summed E-state index contributed by atoms with van der Waals surface area (Å²) in [7, 11) is 1.77. The highest BCUT2D eigenvalue weighted by molar-refractivity contribution is 4.75. The van der Waals surface area contributed by atoms with Crippen LogP contribution in [-0.2, 0) is 4.74 Å². The van der Waals surface area contributed by atoms with Gasteiger partial charge in [-0.05, 0) is 33.7 Å². The van der Waals surface area contributed by atoms with Gasteiger partial charge >= 0.3 is 0 Å². The van der Waals surface area contributed by atoms with Crippen molar-refractivity contribution in [2.75, 3.05) is 26.8 Å². The van der Waals surface area contributed by atoms with E-state index in [1.807, 2.05) is 0 Å². The first kappa shape index (κ1) is 15.9. The van der Waals surface area contributed by atoms with E-state index in [4.69, 9.17) is 4.74 Å². The van der Waals surface area contributed by atoms with Crippen LogP contribution in [0.3, 0.4) is 0 Å². The Morgan fingerprint density at radius 1 is 1.12 bits per heavy atom. The van der Waals surface area contributed by atoms with Gasteiger partial charge in [-0.15, -0.1) is 0 Å². The van der Waals surface area contributed by atoms with Crippen LogP contribution in [0.1, 0.15) is 41.0 Å². The Hall–Kier alpha value is -0.120. The lowest BCUT2D eigenvalue weighted by Crippen LogP contribution is -2.48. The molecule has 0 saturated heterocycles. The molecule has 16 heavy (non-hydrogen) atoms. The first-order valence-corrected chi connectivity index (χ1v) is 6.54. The van der Waals surface area contributed by atoms with Gasteiger partial charge in [0.15, 0.2) is 0 Å². The minimum atomic E-state index is 0.490. The summed E-state index contributed by atoms with van der Waals surface area (Å²) < 4.78 is 5.22. The van der Waals surface area contributed by atoms with Gasteiger partial charge in [-0.2, -0.15) is 0 Å². The molecular formula is C13H30N2O. The minimum Gasteiger partial charge on any atom is -0.383 e. The second-order valence-corrected chi connectivity index (χ2v) is 4.70. The fraction of sp³-hybridized carbons (Fsp3) is 1.00. The van der Waals surface area contributed by atoms with Gasteiger partial charge in [-0.1, -0.05) is 13.8 Å². The Balaban J connectivity index is 4.04. The molecule has 0 aliphatic rings. The highest BCUT2D eigenvalue weighted by Crippen LogP contribution is 2.05. The number of methoxy groups -OCH3 is 1. The summed E-state index contributed by atoms with van der Waals surface area (Å²) in [6, 6.07) is 1.66. The topological polar surface area (TPSA) is 24.5 Å². The summed E-state index contributed by atoms with van der Waals surface area (Å²) in [5.74, 6) is 0. The third-order valence-electron chi connectivity index (χ3n) is 3.28. The Bertz CT molecular complexity index is 164. The molecule has 0 rings (SSSR count). The molecule has 3 nitrogen and oxygen atoms in total. The van der Waals surface area contributed by atoms with E-state index in [0.29, 0.717) is 18.1 Å². The maximum absolute atomic E-state index is 5.22. The van der Waals surface area contributed by atoms with E-state index in [1.165, 1.54) is 6.42 Å². The molecular weight excluding hydrogens is 200 g/mol. The van der Waals surface area contributed by atoms with E-state index < -0.39 is 0 Å². The molecule has 0 saturated carbocycles. The van der Waals surface area contributed by atoms with Crippen LogP contribution in [0.25, 0.3) is 0 Å². The Morgan fingerprint density at radius 3 is 2.19 bits per heavy atom. The molecule has 0 aliphatic heterocycles. The Morgan fingerprint density at radius 2 is 1.75 bits per heavy atom. The predicted molar refractivity (Wildman–Crippen MR) is 70.9 cm³/mol. The predicted octanol–water partition coefficient (Wildman–Crippen LogP) is 2.12. The molecule has 0 spiro atoms. The van der Waals surface area contributed by atoms with Gasteiger partial charge in [0.2, 0.25) is 0 Å². The number of nitrogens with one attached hydrogen (secondary N) is 1. The van der Waals surface area contributed by atoms with Crippen molar-refractivity contribution in [3.63, 3.8) is 0 Å². The first-order valence-electron chi connectivity index (χ1n) is 6.54. The number of likely N-dealkylation sites (N-methyl/N-ethyl adjacent to an activating group) is 1. The SMILES string of the molecule is CCC(C)NCC(C)N(CC)C(C)COC. The van der Waals surface area contributed by atoms with Crippen molar-refractivity contribution in [3.8, 4) is 0 Å². The fourth-order valence-electron chi connectivity index (χ4n) is 2.03. The highest BCUT2D eigenvalue weighted by Gasteiger charge is 2.18. The second-order valence-electron chi connectivity index (χ2n) is 4.70. The van der Waals surface area contributed by atoms with Crippen molar-refractivity contribution in [2.45, 2.75) is 59.2 Å². The van der Waals surface area contributed by atoms with Gasteiger partial charge in [-0.3, -0.25) is 4.90 Å². The maximum atomic E-state index is 5.22. The summed E-state index contributed by atoms with van der Waals surface area (Å²) in [5, 5.41) is 3.56. The van der Waals surface area contributed by atoms with Gasteiger partial charge in [0.05, 0.1) is 6.61 Å². The zero-order valence-corrected chi connectivity index (χ0v) is 11.9. The van der Waals surface area contributed by atoms with Crippen molar-refractivity contribution < 1.29 is 4.74 Å². The van der Waals surface area contributed by atoms with Crippen molar-refractivity contribution >= 4 is 0 Å². The van der Waals surface area contributed by atoms with E-state index in [-0.39, 0.29) is 0 Å². The van der Waals surface area contributed by atoms with Gasteiger partial charge in [0, 0.05) is 31.8 Å². The van der Waals surface area contributed by atoms with Crippen LogP contribution in [0.15, 0.2) is 0 Å². The molecule has 0 aromatic carbocycles. The zero-order valence-electron chi connectivity index (χ0n) is 11.9. The van der Waals surface area contributed by atoms with Crippen molar-refractivity contribution in [2.24, 2.45) is 0 Å². The molecule has 3 atom stereocenters. The van der Waals surface area contributed by atoms with Crippen molar-refractivity contribution in [1.29, 1.82) is 0 Å². The molecule has 0 radical (unpaired) electrons. The monoisotopic (exact) mass is 230 g/mol. The normalized spacial score (nSPS) is 17.4. The number of rotatable bonds is 9. The number of hydrogen-bond acceptors (Lipinski definition) is 3. The molecule has 0 heterocycles. The highest BCUT2D eigenvalue weighted by atomic mass is 16.5. The van der Waals surface area contributed by atoms with Crippen LogP contribution in [0.5, 0.6) is 0 Å². The number of ether oxygens (including phenoxy) is 1. The maximum Gasteiger partial charge on any atom is 0.0615 e. The molecule has 0 aliphatic carbocycles. The lowest BCUT2D eigenvalue weighted by Gasteiger charge is -2.34. The molecule has 3 unspecified atom stereocenters. The van der Waals surface area contributed by atoms with Crippen molar-refractivity contribution in [1.82, 2.24) is 10.2 Å². The summed E-state index contributed by atoms with van der Waals surface area (Å²) >= 11 is 0. The molecule has 3 heteroatoms. The summed E-state index contributed by atoms with van der Waals surface area (Å²) in [5.41, 5.74) is 0. The molecule has 0 aromatic rings. The summed E-state index contributed by atoms with van der Waals surface area (Å²) in [4.78, 5) is 2.49. The van der Waals surface area contributed by atoms with Gasteiger partial charge in [-0.25, -0.2) is 0 Å². The molecule has 1 N–H and O–H groups in total. The van der Waals surface area contributed by atoms with Crippen molar-refractivity contribution in [3.05, 3.63) is 0 Å². The van der Waals surface area contributed by atoms with Gasteiger partial charge in [0.25, 0.3) is 0 Å². The van der Waals surface area contributed by atoms with Crippen LogP contribution < -0.4 is 5.32 Å². The quantitative estimate of drug-likeness (QED) is 0.656. The average Bonchev–Trinajstić information content (AvgIpc) is 2.27. The number of nitrogens with zero attached hydrogens (tertiary/aromatic N) is 1. The van der Waals surface area contributed by atoms with E-state index >= 15 is 0 Å². The fourth-order valence-corrected chi connectivity index (χ4v) is 2.03. The average molecular weight is 230 g/mol. The first-order chi connectivity index (χ1) is 7.56. The smallest absolute Gasteiger partial charge is 0.0615 e. The van der Waals surface area contributed by atoms with Gasteiger partial charge in [0.1, 0.15) is 0 Å². The molecule has 0 amide bonds. The van der Waals surface area contributed by atoms with E-state index in [1.54, 1.807) is 7.11 Å². The molecule has 0 aromatic heterocycles. The zero-order chi connectivity index (χ0) is 12.6. The van der Waals surface area contributed by atoms with Crippen LogP contribution in [0.2, 0.25) is 0 Å². The summed E-state index contributed by atoms with van der Waals surface area (Å²) in [6.45, 7) is 14.1.